The van der Waals surface area contributed by atoms with Gasteiger partial charge in [-0.2, -0.15) is 0 Å². The van der Waals surface area contributed by atoms with E-state index in [-0.39, 0.29) is 16.7 Å². The highest BCUT2D eigenvalue weighted by molar-refractivity contribution is 6.34. The Kier molecular flexibility index (Phi) is 5.19. The monoisotopic (exact) mass is 416 g/mol. The molecule has 0 atom stereocenters. The van der Waals surface area contributed by atoms with Crippen molar-refractivity contribution in [2.45, 2.75) is 0 Å². The van der Waals surface area contributed by atoms with Crippen molar-refractivity contribution in [2.75, 3.05) is 16.8 Å². The molecule has 0 aliphatic carbocycles. The maximum absolute atomic E-state index is 12.8. The Morgan fingerprint density at radius 3 is 2.23 bits per heavy atom. The number of imide groups is 1. The van der Waals surface area contributed by atoms with Gasteiger partial charge in [0.25, 0.3) is 17.7 Å². The van der Waals surface area contributed by atoms with Crippen molar-refractivity contribution in [1.82, 2.24) is 0 Å². The van der Waals surface area contributed by atoms with Crippen molar-refractivity contribution >= 4 is 35.1 Å². The first kappa shape index (κ1) is 19.8. The zero-order chi connectivity index (χ0) is 22.0. The second-order valence-corrected chi connectivity index (χ2v) is 6.70. The van der Waals surface area contributed by atoms with Crippen molar-refractivity contribution in [3.63, 3.8) is 0 Å². The van der Waals surface area contributed by atoms with Gasteiger partial charge in [-0.05, 0) is 54.6 Å². The summed E-state index contributed by atoms with van der Waals surface area (Å²) >= 11 is 0. The Labute approximate surface area is 176 Å². The number of aliphatic carboxylic acids is 1. The molecule has 0 bridgehead atoms. The molecule has 0 unspecified atom stereocenters. The summed E-state index contributed by atoms with van der Waals surface area (Å²) < 4.78 is 5.04. The number of para-hydroxylation sites is 1. The number of anilines is 2. The third-order valence-corrected chi connectivity index (χ3v) is 4.64. The van der Waals surface area contributed by atoms with Crippen molar-refractivity contribution in [2.24, 2.45) is 0 Å². The summed E-state index contributed by atoms with van der Waals surface area (Å²) in [5.41, 5.74) is 1.55. The first-order chi connectivity index (χ1) is 14.9. The van der Waals surface area contributed by atoms with Crippen LogP contribution in [0.15, 0.2) is 72.8 Å². The Bertz CT molecular complexity index is 1190. The van der Waals surface area contributed by atoms with E-state index >= 15 is 0 Å². The molecule has 1 heterocycles. The lowest BCUT2D eigenvalue weighted by Crippen LogP contribution is -2.29. The van der Waals surface area contributed by atoms with Crippen molar-refractivity contribution in [3.8, 4) is 5.75 Å². The van der Waals surface area contributed by atoms with Gasteiger partial charge in [-0.1, -0.05) is 18.2 Å². The second kappa shape index (κ2) is 8.11. The molecule has 0 aromatic heterocycles. The third kappa shape index (κ3) is 3.99. The van der Waals surface area contributed by atoms with Gasteiger partial charge in [-0.3, -0.25) is 14.4 Å². The lowest BCUT2D eigenvalue weighted by atomic mass is 10.1. The number of carboxylic acid groups (broad SMARTS) is 1. The summed E-state index contributed by atoms with van der Waals surface area (Å²) in [5, 5.41) is 11.3. The van der Waals surface area contributed by atoms with Crippen LogP contribution in [-0.4, -0.2) is 35.4 Å². The number of hydrogen-bond donors (Lipinski definition) is 2. The van der Waals surface area contributed by atoms with E-state index in [1.54, 1.807) is 42.5 Å². The number of carbonyl (C=O) groups is 4. The van der Waals surface area contributed by atoms with Crippen LogP contribution in [0, 0.1) is 0 Å². The minimum atomic E-state index is -1.09. The van der Waals surface area contributed by atoms with Crippen molar-refractivity contribution in [1.29, 1.82) is 0 Å². The Balaban J connectivity index is 1.51. The standard InChI is InChI=1S/C23H16N2O6/c26-20(27)13-31-17-9-7-15(8-10-17)24-21(28)14-6-11-18-19(12-14)23(30)25(22(18)29)16-4-2-1-3-5-16/h1-12H,13H2,(H,24,28)(H,26,27). The van der Waals surface area contributed by atoms with Gasteiger partial charge in [0.2, 0.25) is 0 Å². The van der Waals surface area contributed by atoms with Crippen LogP contribution in [0.2, 0.25) is 0 Å². The van der Waals surface area contributed by atoms with Crippen LogP contribution in [0.4, 0.5) is 11.4 Å². The van der Waals surface area contributed by atoms with E-state index in [2.05, 4.69) is 5.32 Å². The molecular weight excluding hydrogens is 400 g/mol. The number of fused-ring (bicyclic) bond motifs is 1. The molecule has 2 N–H and O–H groups in total. The van der Waals surface area contributed by atoms with Crippen LogP contribution < -0.4 is 15.0 Å². The van der Waals surface area contributed by atoms with E-state index in [1.165, 1.54) is 30.3 Å². The van der Waals surface area contributed by atoms with Gasteiger partial charge in [0.05, 0.1) is 16.8 Å². The van der Waals surface area contributed by atoms with Gasteiger partial charge >= 0.3 is 5.97 Å². The molecule has 0 spiro atoms. The summed E-state index contributed by atoms with van der Waals surface area (Å²) in [6.45, 7) is -0.465. The summed E-state index contributed by atoms with van der Waals surface area (Å²) in [6.07, 6.45) is 0. The number of nitrogens with zero attached hydrogens (tertiary/aromatic N) is 1. The SMILES string of the molecule is O=C(O)COc1ccc(NC(=O)c2ccc3c(c2)C(=O)N(c2ccccc2)C3=O)cc1. The summed E-state index contributed by atoms with van der Waals surface area (Å²) in [4.78, 5) is 49.7. The molecule has 3 amide bonds. The lowest BCUT2D eigenvalue weighted by molar-refractivity contribution is -0.139. The van der Waals surface area contributed by atoms with Gasteiger partial charge in [-0.25, -0.2) is 9.69 Å². The Morgan fingerprint density at radius 2 is 1.55 bits per heavy atom. The molecule has 1 aliphatic heterocycles. The van der Waals surface area contributed by atoms with Crippen LogP contribution in [0.25, 0.3) is 0 Å². The molecule has 1 aliphatic rings. The topological polar surface area (TPSA) is 113 Å². The Hall–Kier alpha value is -4.46. The van der Waals surface area contributed by atoms with Gasteiger partial charge in [0.1, 0.15) is 5.75 Å². The minimum Gasteiger partial charge on any atom is -0.482 e. The van der Waals surface area contributed by atoms with Crippen LogP contribution in [0.5, 0.6) is 5.75 Å². The molecule has 154 valence electrons. The number of carbonyl (C=O) groups excluding carboxylic acids is 3. The molecule has 3 aromatic rings. The summed E-state index contributed by atoms with van der Waals surface area (Å²) in [5.74, 6) is -2.12. The molecule has 3 aromatic carbocycles. The Morgan fingerprint density at radius 1 is 0.871 bits per heavy atom. The fourth-order valence-corrected chi connectivity index (χ4v) is 3.18. The number of hydrogen-bond acceptors (Lipinski definition) is 5. The van der Waals surface area contributed by atoms with Crippen LogP contribution >= 0.6 is 0 Å². The third-order valence-electron chi connectivity index (χ3n) is 4.64. The highest BCUT2D eigenvalue weighted by Crippen LogP contribution is 2.29. The fraction of sp³-hybridized carbons (Fsp3) is 0.0435. The van der Waals surface area contributed by atoms with Crippen LogP contribution in [0.3, 0.4) is 0 Å². The first-order valence-electron chi connectivity index (χ1n) is 9.28. The number of benzene rings is 3. The molecular formula is C23H16N2O6. The smallest absolute Gasteiger partial charge is 0.341 e. The number of nitrogens with one attached hydrogen (secondary N) is 1. The summed E-state index contributed by atoms with van der Waals surface area (Å²) in [6, 6.07) is 19.1. The van der Waals surface area contributed by atoms with Crippen molar-refractivity contribution in [3.05, 3.63) is 89.5 Å². The van der Waals surface area contributed by atoms with Gasteiger partial charge in [0.15, 0.2) is 6.61 Å². The lowest BCUT2D eigenvalue weighted by Gasteiger charge is -2.13. The maximum Gasteiger partial charge on any atom is 0.341 e. The van der Waals surface area contributed by atoms with E-state index in [0.717, 1.165) is 4.90 Å². The number of carboxylic acids is 1. The van der Waals surface area contributed by atoms with Crippen LogP contribution in [0.1, 0.15) is 31.1 Å². The highest BCUT2D eigenvalue weighted by atomic mass is 16.5. The predicted molar refractivity (Wildman–Crippen MR) is 112 cm³/mol. The average Bonchev–Trinajstić information content (AvgIpc) is 3.03. The molecule has 0 saturated heterocycles. The van der Waals surface area contributed by atoms with Gasteiger partial charge in [0, 0.05) is 11.3 Å². The molecule has 4 rings (SSSR count). The highest BCUT2D eigenvalue weighted by Gasteiger charge is 2.37. The molecule has 0 radical (unpaired) electrons. The fourth-order valence-electron chi connectivity index (χ4n) is 3.18. The molecule has 0 fully saturated rings. The first-order valence-corrected chi connectivity index (χ1v) is 9.28. The zero-order valence-corrected chi connectivity index (χ0v) is 16.1. The predicted octanol–water partition coefficient (Wildman–Crippen LogP) is 3.20. The molecule has 8 nitrogen and oxygen atoms in total. The minimum absolute atomic E-state index is 0.166. The second-order valence-electron chi connectivity index (χ2n) is 6.70. The van der Waals surface area contributed by atoms with Gasteiger partial charge in [-0.15, -0.1) is 0 Å². The quantitative estimate of drug-likeness (QED) is 0.597. The summed E-state index contributed by atoms with van der Waals surface area (Å²) in [7, 11) is 0. The average molecular weight is 416 g/mol. The van der Waals surface area contributed by atoms with Crippen molar-refractivity contribution < 1.29 is 29.0 Å². The van der Waals surface area contributed by atoms with E-state index in [9.17, 15) is 19.2 Å². The molecule has 8 heteroatoms. The number of rotatable bonds is 6. The normalized spacial score (nSPS) is 12.5. The maximum atomic E-state index is 12.8. The zero-order valence-electron chi connectivity index (χ0n) is 16.1. The van der Waals surface area contributed by atoms with E-state index in [1.807, 2.05) is 0 Å². The van der Waals surface area contributed by atoms with E-state index < -0.39 is 30.3 Å². The van der Waals surface area contributed by atoms with Gasteiger partial charge < -0.3 is 15.2 Å². The molecule has 31 heavy (non-hydrogen) atoms. The van der Waals surface area contributed by atoms with E-state index in [4.69, 9.17) is 9.84 Å². The largest absolute Gasteiger partial charge is 0.482 e. The number of ether oxygens (including phenoxy) is 1. The molecule has 0 saturated carbocycles. The van der Waals surface area contributed by atoms with E-state index in [0.29, 0.717) is 17.1 Å². The van der Waals surface area contributed by atoms with Crippen LogP contribution in [-0.2, 0) is 4.79 Å². The number of amides is 3.